The molecule has 0 bridgehead atoms. The zero-order valence-electron chi connectivity index (χ0n) is 23.8. The smallest absolute Gasteiger partial charge is 0.409 e. The molecule has 220 valence electrons. The van der Waals surface area contributed by atoms with Crippen LogP contribution in [0.5, 0.6) is 0 Å². The Morgan fingerprint density at radius 2 is 1.70 bits per heavy atom. The highest BCUT2D eigenvalue weighted by Gasteiger charge is 2.24. The summed E-state index contributed by atoms with van der Waals surface area (Å²) in [5.41, 5.74) is 7.03. The Kier molecular flexibility index (Phi) is 7.03. The third kappa shape index (κ3) is 5.27. The van der Waals surface area contributed by atoms with E-state index in [0.717, 1.165) is 54.9 Å². The van der Waals surface area contributed by atoms with Crippen LogP contribution in [-0.2, 0) is 6.54 Å². The highest BCUT2D eigenvalue weighted by atomic mass is 16.4. The number of H-pyrrole nitrogens is 2. The highest BCUT2D eigenvalue weighted by Crippen LogP contribution is 2.33. The van der Waals surface area contributed by atoms with E-state index in [0.29, 0.717) is 27.6 Å². The topological polar surface area (TPSA) is 136 Å². The van der Waals surface area contributed by atoms with Crippen molar-refractivity contribution in [2.75, 3.05) is 18.4 Å². The first-order valence-corrected chi connectivity index (χ1v) is 14.6. The van der Waals surface area contributed by atoms with E-state index >= 15 is 0 Å². The molecule has 0 spiro atoms. The molecular weight excluding hydrogens is 556 g/mol. The number of rotatable bonds is 6. The second-order valence-electron chi connectivity index (χ2n) is 11.2. The molecule has 44 heavy (non-hydrogen) atoms. The van der Waals surface area contributed by atoms with Gasteiger partial charge in [0.25, 0.3) is 5.56 Å². The van der Waals surface area contributed by atoms with Gasteiger partial charge in [-0.15, -0.1) is 0 Å². The number of benzene rings is 3. The van der Waals surface area contributed by atoms with Crippen LogP contribution >= 0.6 is 0 Å². The van der Waals surface area contributed by atoms with Crippen LogP contribution in [0.4, 0.5) is 10.5 Å². The normalized spacial score (nSPS) is 14.3. The Morgan fingerprint density at radius 3 is 2.45 bits per heavy atom. The van der Waals surface area contributed by atoms with E-state index in [1.807, 2.05) is 42.5 Å². The Morgan fingerprint density at radius 1 is 0.932 bits per heavy atom. The summed E-state index contributed by atoms with van der Waals surface area (Å²) in [4.78, 5) is 49.4. The number of nitrogens with zero attached hydrogens (tertiary/aromatic N) is 3. The number of amides is 1. The third-order valence-corrected chi connectivity index (χ3v) is 8.36. The molecule has 0 saturated carbocycles. The lowest BCUT2D eigenvalue weighted by molar-refractivity contribution is 0.180. The molecule has 0 radical (unpaired) electrons. The van der Waals surface area contributed by atoms with E-state index in [9.17, 15) is 14.4 Å². The van der Waals surface area contributed by atoms with Gasteiger partial charge in [-0.1, -0.05) is 54.6 Å². The van der Waals surface area contributed by atoms with Crippen molar-refractivity contribution in [3.05, 3.63) is 118 Å². The van der Waals surface area contributed by atoms with E-state index in [1.165, 1.54) is 5.56 Å². The molecule has 1 fully saturated rings. The van der Waals surface area contributed by atoms with Crippen molar-refractivity contribution < 1.29 is 9.90 Å². The molecule has 3 aromatic heterocycles. The molecule has 10 heteroatoms. The molecule has 4 heterocycles. The minimum absolute atomic E-state index is 0.0255. The van der Waals surface area contributed by atoms with Gasteiger partial charge in [0.05, 0.1) is 27.6 Å². The Balaban J connectivity index is 1.09. The van der Waals surface area contributed by atoms with Gasteiger partial charge in [-0.05, 0) is 54.3 Å². The number of nitrogens with one attached hydrogen (secondary N) is 3. The Labute approximate surface area is 251 Å². The van der Waals surface area contributed by atoms with E-state index in [2.05, 4.69) is 44.5 Å². The molecule has 1 aliphatic heterocycles. The third-order valence-electron chi connectivity index (χ3n) is 8.36. The van der Waals surface area contributed by atoms with Gasteiger partial charge < -0.3 is 15.1 Å². The SMILES string of the molecule is O=C(O)Nc1ccc2[nH]c(=O)n(C3CCN(Cc4ccc(-c5nc6cc[nH]c(=O)c6cc5-c5ccccc5)cc4)CC3)c2c1. The van der Waals surface area contributed by atoms with Gasteiger partial charge in [0.1, 0.15) is 0 Å². The van der Waals surface area contributed by atoms with Crippen LogP contribution in [0.1, 0.15) is 24.4 Å². The van der Waals surface area contributed by atoms with E-state index in [4.69, 9.17) is 10.1 Å². The van der Waals surface area contributed by atoms with Crippen molar-refractivity contribution in [3.8, 4) is 22.4 Å². The number of hydrogen-bond donors (Lipinski definition) is 4. The molecule has 0 atom stereocenters. The molecule has 7 rings (SSSR count). The predicted molar refractivity (Wildman–Crippen MR) is 171 cm³/mol. The fraction of sp³-hybridized carbons (Fsp3) is 0.176. The second kappa shape index (κ2) is 11.3. The van der Waals surface area contributed by atoms with Crippen molar-refractivity contribution in [2.24, 2.45) is 0 Å². The van der Waals surface area contributed by atoms with Crippen LogP contribution in [0, 0.1) is 0 Å². The summed E-state index contributed by atoms with van der Waals surface area (Å²) in [7, 11) is 0. The monoisotopic (exact) mass is 586 g/mol. The number of likely N-dealkylation sites (tertiary alicyclic amines) is 1. The van der Waals surface area contributed by atoms with Gasteiger partial charge in [0.2, 0.25) is 0 Å². The van der Waals surface area contributed by atoms with E-state index in [1.54, 1.807) is 29.0 Å². The van der Waals surface area contributed by atoms with Crippen LogP contribution in [0.15, 0.2) is 101 Å². The largest absolute Gasteiger partial charge is 0.465 e. The number of hydrogen-bond acceptors (Lipinski definition) is 5. The quantitative estimate of drug-likeness (QED) is 0.194. The van der Waals surface area contributed by atoms with Crippen molar-refractivity contribution in [2.45, 2.75) is 25.4 Å². The minimum Gasteiger partial charge on any atom is -0.465 e. The maximum Gasteiger partial charge on any atom is 0.409 e. The lowest BCUT2D eigenvalue weighted by Gasteiger charge is -2.32. The Hall–Kier alpha value is -5.48. The summed E-state index contributed by atoms with van der Waals surface area (Å²) in [6.07, 6.45) is 2.10. The molecule has 6 aromatic rings. The van der Waals surface area contributed by atoms with Crippen molar-refractivity contribution >= 4 is 33.7 Å². The first-order chi connectivity index (χ1) is 21.4. The standard InChI is InChI=1S/C34H30N6O4/c41-32-27-19-26(22-4-2-1-3-5-22)31(37-28(27)12-15-35-32)23-8-6-21(7-9-23)20-39-16-13-25(14-17-39)40-30-18-24(36-34(43)44)10-11-29(30)38-33(40)42/h1-12,15,18-19,25,36H,13-14,16-17,20H2,(H,35,41)(H,38,42)(H,43,44). The van der Waals surface area contributed by atoms with Gasteiger partial charge in [-0.3, -0.25) is 19.6 Å². The number of imidazole rings is 1. The second-order valence-corrected chi connectivity index (χ2v) is 11.2. The highest BCUT2D eigenvalue weighted by molar-refractivity contribution is 5.91. The molecular formula is C34H30N6O4. The van der Waals surface area contributed by atoms with Crippen molar-refractivity contribution in [1.29, 1.82) is 0 Å². The molecule has 1 saturated heterocycles. The van der Waals surface area contributed by atoms with Gasteiger partial charge in [0, 0.05) is 48.7 Å². The van der Waals surface area contributed by atoms with Gasteiger partial charge in [-0.2, -0.15) is 0 Å². The fourth-order valence-electron chi connectivity index (χ4n) is 6.22. The number of carboxylic acid groups (broad SMARTS) is 1. The van der Waals surface area contributed by atoms with Gasteiger partial charge in [0.15, 0.2) is 0 Å². The molecule has 4 N–H and O–H groups in total. The number of piperidine rings is 1. The Bertz CT molecular complexity index is 2110. The van der Waals surface area contributed by atoms with Crippen molar-refractivity contribution in [3.63, 3.8) is 0 Å². The first kappa shape index (κ1) is 27.4. The van der Waals surface area contributed by atoms with Crippen LogP contribution in [-0.4, -0.2) is 48.7 Å². The maximum absolute atomic E-state index is 12.8. The minimum atomic E-state index is -1.14. The maximum atomic E-state index is 12.8. The molecule has 1 aliphatic rings. The summed E-state index contributed by atoms with van der Waals surface area (Å²) in [6.45, 7) is 2.45. The van der Waals surface area contributed by atoms with Crippen LogP contribution in [0.3, 0.4) is 0 Å². The van der Waals surface area contributed by atoms with Gasteiger partial charge in [-0.25, -0.2) is 14.6 Å². The molecule has 0 aliphatic carbocycles. The number of aromatic amines is 2. The predicted octanol–water partition coefficient (Wildman–Crippen LogP) is 5.83. The molecule has 10 nitrogen and oxygen atoms in total. The zero-order valence-corrected chi connectivity index (χ0v) is 23.8. The number of anilines is 1. The summed E-state index contributed by atoms with van der Waals surface area (Å²) >= 11 is 0. The van der Waals surface area contributed by atoms with Crippen LogP contribution in [0.2, 0.25) is 0 Å². The summed E-state index contributed by atoms with van der Waals surface area (Å²) in [5.74, 6) is 0. The van der Waals surface area contributed by atoms with E-state index in [-0.39, 0.29) is 17.3 Å². The summed E-state index contributed by atoms with van der Waals surface area (Å²) < 4.78 is 1.77. The number of pyridine rings is 2. The number of aromatic nitrogens is 4. The van der Waals surface area contributed by atoms with Crippen LogP contribution < -0.4 is 16.6 Å². The fourth-order valence-corrected chi connectivity index (χ4v) is 6.22. The summed E-state index contributed by atoms with van der Waals surface area (Å²) in [6, 6.07) is 27.3. The lowest BCUT2D eigenvalue weighted by Crippen LogP contribution is -2.36. The molecule has 3 aromatic carbocycles. The molecule has 1 amide bonds. The van der Waals surface area contributed by atoms with Gasteiger partial charge >= 0.3 is 11.8 Å². The lowest BCUT2D eigenvalue weighted by atomic mass is 9.97. The first-order valence-electron chi connectivity index (χ1n) is 14.6. The van der Waals surface area contributed by atoms with E-state index < -0.39 is 6.09 Å². The average molecular weight is 587 g/mol. The number of fused-ring (bicyclic) bond motifs is 2. The zero-order chi connectivity index (χ0) is 30.2. The molecule has 0 unspecified atom stereocenters. The summed E-state index contributed by atoms with van der Waals surface area (Å²) in [5, 5.41) is 12.0. The average Bonchev–Trinajstić information content (AvgIpc) is 3.36. The van der Waals surface area contributed by atoms with Crippen molar-refractivity contribution in [1.82, 2.24) is 24.4 Å². The number of carbonyl (C=O) groups is 1. The van der Waals surface area contributed by atoms with Crippen LogP contribution in [0.25, 0.3) is 44.3 Å².